The molecule has 0 saturated heterocycles. The van der Waals surface area contributed by atoms with E-state index in [0.29, 0.717) is 6.04 Å². The van der Waals surface area contributed by atoms with Gasteiger partial charge in [0.2, 0.25) is 0 Å². The van der Waals surface area contributed by atoms with Gasteiger partial charge in [0.15, 0.2) is 0 Å². The third kappa shape index (κ3) is 5.68. The van der Waals surface area contributed by atoms with E-state index in [9.17, 15) is 0 Å². The maximum Gasteiger partial charge on any atom is 0.0713 e. The molecule has 0 N–H and O–H groups in total. The lowest BCUT2D eigenvalue weighted by molar-refractivity contribution is 0.194. The van der Waals surface area contributed by atoms with Crippen molar-refractivity contribution in [2.75, 3.05) is 20.8 Å². The summed E-state index contributed by atoms with van der Waals surface area (Å²) in [7, 11) is 4.09. The summed E-state index contributed by atoms with van der Waals surface area (Å²) in [6.45, 7) is 8.41. The average molecular weight is 471 g/mol. The van der Waals surface area contributed by atoms with Gasteiger partial charge in [-0.25, -0.2) is 0 Å². The van der Waals surface area contributed by atoms with Crippen molar-refractivity contribution in [3.8, 4) is 11.3 Å². The van der Waals surface area contributed by atoms with Gasteiger partial charge in [0, 0.05) is 37.6 Å². The second-order valence-corrected chi connectivity index (χ2v) is 10.0. The molecule has 186 valence electrons. The van der Waals surface area contributed by atoms with Crippen LogP contribution in [0.4, 0.5) is 0 Å². The molecule has 0 saturated carbocycles. The Hall–Kier alpha value is -2.49. The highest BCUT2D eigenvalue weighted by molar-refractivity contribution is 5.69. The number of pyridine rings is 1. The highest BCUT2D eigenvalue weighted by Gasteiger charge is 2.25. The number of nitrogens with zero attached hydrogens (tertiary/aromatic N) is 2. The van der Waals surface area contributed by atoms with Crippen LogP contribution in [-0.2, 0) is 37.0 Å². The lowest BCUT2D eigenvalue weighted by Crippen LogP contribution is -2.28. The van der Waals surface area contributed by atoms with E-state index in [0.717, 1.165) is 44.5 Å². The summed E-state index contributed by atoms with van der Waals surface area (Å²) in [6, 6.07) is 18.6. The highest BCUT2D eigenvalue weighted by Crippen LogP contribution is 2.36. The molecule has 0 radical (unpaired) electrons. The normalized spacial score (nSPS) is 15.4. The fourth-order valence-corrected chi connectivity index (χ4v) is 5.86. The summed E-state index contributed by atoms with van der Waals surface area (Å²) >= 11 is 0. The number of methoxy groups -OCH3 is 1. The highest BCUT2D eigenvalue weighted by atomic mass is 16.5. The Labute approximate surface area is 212 Å². The molecule has 1 aliphatic rings. The van der Waals surface area contributed by atoms with Crippen molar-refractivity contribution in [3.63, 3.8) is 0 Å². The van der Waals surface area contributed by atoms with E-state index in [1.165, 1.54) is 63.9 Å². The number of aryl methyl sites for hydroxylation is 5. The van der Waals surface area contributed by atoms with Crippen molar-refractivity contribution in [3.05, 3.63) is 87.6 Å². The van der Waals surface area contributed by atoms with Crippen LogP contribution >= 0.6 is 0 Å². The number of aromatic nitrogens is 1. The largest absolute Gasteiger partial charge is 0.385 e. The zero-order valence-electron chi connectivity index (χ0n) is 22.4. The van der Waals surface area contributed by atoms with Gasteiger partial charge in [-0.1, -0.05) is 56.3 Å². The molecule has 0 fully saturated rings. The van der Waals surface area contributed by atoms with E-state index in [-0.39, 0.29) is 0 Å². The minimum atomic E-state index is 0.471. The van der Waals surface area contributed by atoms with E-state index >= 15 is 0 Å². The first-order chi connectivity index (χ1) is 17.1. The maximum atomic E-state index is 5.41. The molecule has 3 aromatic rings. The minimum absolute atomic E-state index is 0.471. The van der Waals surface area contributed by atoms with Crippen LogP contribution in [0.1, 0.15) is 78.2 Å². The Morgan fingerprint density at radius 2 is 1.74 bits per heavy atom. The molecule has 2 aromatic carbocycles. The van der Waals surface area contributed by atoms with E-state index in [1.54, 1.807) is 7.11 Å². The van der Waals surface area contributed by atoms with Crippen LogP contribution in [0.2, 0.25) is 0 Å². The first kappa shape index (κ1) is 25.6. The Bertz CT molecular complexity index is 1110. The van der Waals surface area contributed by atoms with E-state index < -0.39 is 0 Å². The summed E-state index contributed by atoms with van der Waals surface area (Å²) in [5, 5.41) is 0. The maximum absolute atomic E-state index is 5.41. The third-order valence-corrected chi connectivity index (χ3v) is 7.75. The minimum Gasteiger partial charge on any atom is -0.385 e. The molecule has 1 aliphatic carbocycles. The van der Waals surface area contributed by atoms with Gasteiger partial charge in [-0.2, -0.15) is 0 Å². The fourth-order valence-electron chi connectivity index (χ4n) is 5.86. The molecule has 0 amide bonds. The predicted molar refractivity (Wildman–Crippen MR) is 147 cm³/mol. The number of fused-ring (bicyclic) bond motifs is 1. The number of hydrogen-bond acceptors (Lipinski definition) is 3. The molecule has 1 aromatic heterocycles. The standard InChI is InChI=1S/C32H42N2O/c1-6-24-14-10-15-25(7-2)32(24)30-21-27(17-12-20-35-5)29(23(3)33-30)22-34(4)31-19-11-16-26-13-8-9-18-28(26)31/h8-10,13-15,18,21,31H,6-7,11-12,16-17,19-20,22H2,1-5H3/t31-/m1/s1. The first-order valence-corrected chi connectivity index (χ1v) is 13.4. The molecule has 0 bridgehead atoms. The molecule has 0 aliphatic heterocycles. The zero-order valence-corrected chi connectivity index (χ0v) is 22.4. The monoisotopic (exact) mass is 470 g/mol. The van der Waals surface area contributed by atoms with Crippen LogP contribution in [0.15, 0.2) is 48.5 Å². The van der Waals surface area contributed by atoms with Crippen molar-refractivity contribution < 1.29 is 4.74 Å². The molecule has 0 unspecified atom stereocenters. The van der Waals surface area contributed by atoms with Crippen molar-refractivity contribution in [1.82, 2.24) is 9.88 Å². The van der Waals surface area contributed by atoms with Crippen molar-refractivity contribution in [1.29, 1.82) is 0 Å². The lowest BCUT2D eigenvalue weighted by atomic mass is 9.86. The summed E-state index contributed by atoms with van der Waals surface area (Å²) in [5.74, 6) is 0. The van der Waals surface area contributed by atoms with E-state index in [2.05, 4.69) is 81.2 Å². The van der Waals surface area contributed by atoms with Gasteiger partial charge in [0.1, 0.15) is 0 Å². The second-order valence-electron chi connectivity index (χ2n) is 10.0. The van der Waals surface area contributed by atoms with Gasteiger partial charge in [-0.3, -0.25) is 9.88 Å². The van der Waals surface area contributed by atoms with Gasteiger partial charge in [0.05, 0.1) is 5.69 Å². The molecule has 1 heterocycles. The summed E-state index contributed by atoms with van der Waals surface area (Å²) in [5.41, 5.74) is 12.3. The molecule has 3 nitrogen and oxygen atoms in total. The third-order valence-electron chi connectivity index (χ3n) is 7.75. The summed E-state index contributed by atoms with van der Waals surface area (Å²) < 4.78 is 5.41. The van der Waals surface area contributed by atoms with Crippen molar-refractivity contribution in [2.45, 2.75) is 78.3 Å². The predicted octanol–water partition coefficient (Wildman–Crippen LogP) is 7.27. The lowest BCUT2D eigenvalue weighted by Gasteiger charge is -2.34. The van der Waals surface area contributed by atoms with Gasteiger partial charge < -0.3 is 4.74 Å². The molecular formula is C32H42N2O. The average Bonchev–Trinajstić information content (AvgIpc) is 2.89. The van der Waals surface area contributed by atoms with Gasteiger partial charge in [-0.05, 0) is 98.4 Å². The quantitative estimate of drug-likeness (QED) is 0.291. The molecule has 3 heteroatoms. The van der Waals surface area contributed by atoms with Crippen LogP contribution in [0, 0.1) is 6.92 Å². The Morgan fingerprint density at radius 3 is 2.46 bits per heavy atom. The van der Waals surface area contributed by atoms with Gasteiger partial charge in [-0.15, -0.1) is 0 Å². The smallest absolute Gasteiger partial charge is 0.0713 e. The molecule has 4 rings (SSSR count). The molecule has 1 atom stereocenters. The summed E-state index contributed by atoms with van der Waals surface area (Å²) in [6.07, 6.45) is 7.78. The molecule has 0 spiro atoms. The number of benzene rings is 2. The summed E-state index contributed by atoms with van der Waals surface area (Å²) in [4.78, 5) is 7.79. The van der Waals surface area contributed by atoms with Gasteiger partial charge in [0.25, 0.3) is 0 Å². The molecular weight excluding hydrogens is 428 g/mol. The zero-order chi connectivity index (χ0) is 24.8. The number of ether oxygens (including phenoxy) is 1. The van der Waals surface area contributed by atoms with Crippen LogP contribution < -0.4 is 0 Å². The fraction of sp³-hybridized carbons (Fsp3) is 0.469. The van der Waals surface area contributed by atoms with Crippen LogP contribution in [-0.4, -0.2) is 30.6 Å². The Morgan fingerprint density at radius 1 is 1.00 bits per heavy atom. The topological polar surface area (TPSA) is 25.4 Å². The first-order valence-electron chi connectivity index (χ1n) is 13.4. The Balaban J connectivity index is 1.71. The van der Waals surface area contributed by atoms with E-state index in [1.807, 2.05) is 0 Å². The Kier molecular flexibility index (Phi) is 8.75. The van der Waals surface area contributed by atoms with Gasteiger partial charge >= 0.3 is 0 Å². The van der Waals surface area contributed by atoms with Crippen LogP contribution in [0.5, 0.6) is 0 Å². The van der Waals surface area contributed by atoms with Crippen LogP contribution in [0.25, 0.3) is 11.3 Å². The van der Waals surface area contributed by atoms with E-state index in [4.69, 9.17) is 9.72 Å². The van der Waals surface area contributed by atoms with Crippen molar-refractivity contribution in [2.24, 2.45) is 0 Å². The van der Waals surface area contributed by atoms with Crippen molar-refractivity contribution >= 4 is 0 Å². The van der Waals surface area contributed by atoms with Crippen LogP contribution in [0.3, 0.4) is 0 Å². The second kappa shape index (κ2) is 12.0. The SMILES string of the molecule is CCc1cccc(CC)c1-c1cc(CCCOC)c(CN(C)[C@@H]2CCCc3ccccc32)c(C)n1. The molecule has 35 heavy (non-hydrogen) atoms. The number of hydrogen-bond donors (Lipinski definition) is 0. The number of rotatable bonds is 10.